The molecule has 0 radical (unpaired) electrons. The maximum absolute atomic E-state index is 4.88. The Bertz CT molecular complexity index is 1300. The van der Waals surface area contributed by atoms with Crippen molar-refractivity contribution in [3.8, 4) is 45.3 Å². The van der Waals surface area contributed by atoms with E-state index in [1.165, 1.54) is 0 Å². The second-order valence-corrected chi connectivity index (χ2v) is 7.41. The molecule has 0 saturated carbocycles. The van der Waals surface area contributed by atoms with Crippen LogP contribution in [0.1, 0.15) is 5.56 Å². The molecule has 0 N–H and O–H groups in total. The van der Waals surface area contributed by atoms with E-state index in [1.807, 2.05) is 78.9 Å². The van der Waals surface area contributed by atoms with E-state index in [2.05, 4.69) is 43.0 Å². The van der Waals surface area contributed by atoms with Crippen LogP contribution in [0.15, 0.2) is 116 Å². The number of hydrogen-bond donors (Lipinski definition) is 0. The molecule has 1 heterocycles. The lowest BCUT2D eigenvalue weighted by Crippen LogP contribution is -2.01. The Labute approximate surface area is 187 Å². The zero-order valence-electron chi connectivity index (χ0n) is 17.5. The number of benzene rings is 4. The molecule has 5 rings (SSSR count). The third-order valence-corrected chi connectivity index (χ3v) is 5.32. The molecule has 0 fully saturated rings. The van der Waals surface area contributed by atoms with Gasteiger partial charge in [0.05, 0.1) is 0 Å². The first-order valence-corrected chi connectivity index (χ1v) is 10.5. The number of aromatic nitrogens is 3. The Morgan fingerprint density at radius 3 is 1.44 bits per heavy atom. The summed E-state index contributed by atoms with van der Waals surface area (Å²) in [6.45, 7) is 3.85. The summed E-state index contributed by atoms with van der Waals surface area (Å²) in [7, 11) is 0. The fraction of sp³-hybridized carbons (Fsp3) is 0. The fourth-order valence-electron chi connectivity index (χ4n) is 3.66. The third kappa shape index (κ3) is 3.96. The normalized spacial score (nSPS) is 10.6. The van der Waals surface area contributed by atoms with Crippen molar-refractivity contribution in [2.24, 2.45) is 0 Å². The molecule has 5 aromatic rings. The van der Waals surface area contributed by atoms with Crippen LogP contribution in [0.5, 0.6) is 0 Å². The van der Waals surface area contributed by atoms with Crippen LogP contribution >= 0.6 is 0 Å². The topological polar surface area (TPSA) is 38.7 Å². The summed E-state index contributed by atoms with van der Waals surface area (Å²) in [5.74, 6) is 1.97. The van der Waals surface area contributed by atoms with E-state index >= 15 is 0 Å². The van der Waals surface area contributed by atoms with Crippen molar-refractivity contribution < 1.29 is 0 Å². The molecule has 0 unspecified atom stereocenters. The monoisotopic (exact) mass is 411 g/mol. The van der Waals surface area contributed by atoms with Gasteiger partial charge in [-0.1, -0.05) is 122 Å². The summed E-state index contributed by atoms with van der Waals surface area (Å²) in [5, 5.41) is 0. The van der Waals surface area contributed by atoms with Crippen LogP contribution in [0, 0.1) is 0 Å². The van der Waals surface area contributed by atoms with E-state index in [-0.39, 0.29) is 0 Å². The van der Waals surface area contributed by atoms with Crippen molar-refractivity contribution in [3.05, 3.63) is 121 Å². The predicted molar refractivity (Wildman–Crippen MR) is 132 cm³/mol. The van der Waals surface area contributed by atoms with Crippen molar-refractivity contribution in [3.63, 3.8) is 0 Å². The predicted octanol–water partition coefficient (Wildman–Crippen LogP) is 7.18. The summed E-state index contributed by atoms with van der Waals surface area (Å²) in [6.07, 6.45) is 1.85. The van der Waals surface area contributed by atoms with E-state index in [1.54, 1.807) is 0 Å². The minimum Gasteiger partial charge on any atom is -0.208 e. The summed E-state index contributed by atoms with van der Waals surface area (Å²) in [5.41, 5.74) is 6.16. The minimum absolute atomic E-state index is 0.654. The molecule has 4 aromatic carbocycles. The number of hydrogen-bond acceptors (Lipinski definition) is 3. The first-order valence-electron chi connectivity index (χ1n) is 10.5. The Morgan fingerprint density at radius 2 is 0.906 bits per heavy atom. The van der Waals surface area contributed by atoms with Gasteiger partial charge in [-0.15, -0.1) is 0 Å². The van der Waals surface area contributed by atoms with Gasteiger partial charge in [0.15, 0.2) is 17.5 Å². The van der Waals surface area contributed by atoms with Gasteiger partial charge in [-0.2, -0.15) is 0 Å². The lowest BCUT2D eigenvalue weighted by Gasteiger charge is -2.12. The second kappa shape index (κ2) is 8.78. The van der Waals surface area contributed by atoms with Gasteiger partial charge in [-0.3, -0.25) is 0 Å². The average Bonchev–Trinajstić information content (AvgIpc) is 2.89. The molecule has 0 bridgehead atoms. The Hall–Kier alpha value is -4.37. The first kappa shape index (κ1) is 19.6. The van der Waals surface area contributed by atoms with Gasteiger partial charge in [-0.25, -0.2) is 15.0 Å². The molecule has 3 nitrogen and oxygen atoms in total. The molecule has 0 aliphatic carbocycles. The number of nitrogens with zero attached hydrogens (tertiary/aromatic N) is 3. The number of rotatable bonds is 5. The zero-order valence-corrected chi connectivity index (χ0v) is 17.5. The van der Waals surface area contributed by atoms with E-state index in [0.29, 0.717) is 17.5 Å². The quantitative estimate of drug-likeness (QED) is 0.307. The largest absolute Gasteiger partial charge is 0.208 e. The van der Waals surface area contributed by atoms with Crippen LogP contribution in [0.25, 0.3) is 51.4 Å². The lowest BCUT2D eigenvalue weighted by molar-refractivity contribution is 1.07. The van der Waals surface area contributed by atoms with Crippen LogP contribution in [0.4, 0.5) is 0 Å². The molecule has 1 aromatic heterocycles. The second-order valence-electron chi connectivity index (χ2n) is 7.41. The fourth-order valence-corrected chi connectivity index (χ4v) is 3.66. The van der Waals surface area contributed by atoms with Crippen LogP contribution in [-0.4, -0.2) is 15.0 Å². The molecule has 0 amide bonds. The molecule has 0 spiro atoms. The smallest absolute Gasteiger partial charge is 0.164 e. The van der Waals surface area contributed by atoms with E-state index in [4.69, 9.17) is 15.0 Å². The summed E-state index contributed by atoms with van der Waals surface area (Å²) < 4.78 is 0. The van der Waals surface area contributed by atoms with Gasteiger partial charge in [0.2, 0.25) is 0 Å². The van der Waals surface area contributed by atoms with Gasteiger partial charge in [0, 0.05) is 16.7 Å². The van der Waals surface area contributed by atoms with Crippen molar-refractivity contribution in [1.82, 2.24) is 15.0 Å². The van der Waals surface area contributed by atoms with Crippen LogP contribution in [-0.2, 0) is 0 Å². The molecule has 152 valence electrons. The summed E-state index contributed by atoms with van der Waals surface area (Å²) >= 11 is 0. The van der Waals surface area contributed by atoms with Gasteiger partial charge in [0.25, 0.3) is 0 Å². The van der Waals surface area contributed by atoms with Crippen LogP contribution < -0.4 is 0 Å². The van der Waals surface area contributed by atoms with Crippen molar-refractivity contribution in [2.45, 2.75) is 0 Å². The Kier molecular flexibility index (Phi) is 5.38. The molecule has 3 heteroatoms. The van der Waals surface area contributed by atoms with Crippen molar-refractivity contribution >= 4 is 6.08 Å². The highest BCUT2D eigenvalue weighted by Gasteiger charge is 2.15. The Morgan fingerprint density at radius 1 is 0.438 bits per heavy atom. The van der Waals surface area contributed by atoms with Gasteiger partial charge < -0.3 is 0 Å². The van der Waals surface area contributed by atoms with E-state index in [0.717, 1.165) is 33.4 Å². The van der Waals surface area contributed by atoms with Gasteiger partial charge in [-0.05, 0) is 16.7 Å². The standard InChI is InChI=1S/C29H21N3/c1-2-21-17-19-22(20-18-21)25-15-9-10-16-26(25)29-31-27(23-11-5-3-6-12-23)30-28(32-29)24-13-7-4-8-14-24/h2-20H,1H2. The lowest BCUT2D eigenvalue weighted by atomic mass is 9.98. The summed E-state index contributed by atoms with van der Waals surface area (Å²) in [4.78, 5) is 14.6. The van der Waals surface area contributed by atoms with Gasteiger partial charge >= 0.3 is 0 Å². The minimum atomic E-state index is 0.654. The molecule has 0 saturated heterocycles. The maximum atomic E-state index is 4.88. The highest BCUT2D eigenvalue weighted by molar-refractivity contribution is 5.82. The van der Waals surface area contributed by atoms with Crippen molar-refractivity contribution in [2.75, 3.05) is 0 Å². The highest BCUT2D eigenvalue weighted by atomic mass is 15.0. The van der Waals surface area contributed by atoms with Crippen LogP contribution in [0.3, 0.4) is 0 Å². The summed E-state index contributed by atoms with van der Waals surface area (Å²) in [6, 6.07) is 36.6. The molecule has 0 aliphatic rings. The van der Waals surface area contributed by atoms with E-state index < -0.39 is 0 Å². The molecule has 0 aliphatic heterocycles. The zero-order chi connectivity index (χ0) is 21.8. The van der Waals surface area contributed by atoms with Crippen LogP contribution in [0.2, 0.25) is 0 Å². The third-order valence-electron chi connectivity index (χ3n) is 5.32. The van der Waals surface area contributed by atoms with Gasteiger partial charge in [0.1, 0.15) is 0 Å². The maximum Gasteiger partial charge on any atom is 0.164 e. The molecule has 0 atom stereocenters. The highest BCUT2D eigenvalue weighted by Crippen LogP contribution is 2.32. The van der Waals surface area contributed by atoms with E-state index in [9.17, 15) is 0 Å². The first-order chi connectivity index (χ1) is 15.8. The molecule has 32 heavy (non-hydrogen) atoms. The SMILES string of the molecule is C=Cc1ccc(-c2ccccc2-c2nc(-c3ccccc3)nc(-c3ccccc3)n2)cc1. The molecular formula is C29H21N3. The molecular weight excluding hydrogens is 390 g/mol. The Balaban J connectivity index is 1.71. The van der Waals surface area contributed by atoms with Crippen molar-refractivity contribution in [1.29, 1.82) is 0 Å². The average molecular weight is 412 g/mol.